The number of carbonyl (C=O) groups is 2. The molecule has 0 aliphatic carbocycles. The second-order valence-corrected chi connectivity index (χ2v) is 8.73. The third kappa shape index (κ3) is 4.48. The van der Waals surface area contributed by atoms with Crippen LogP contribution in [0, 0.1) is 5.92 Å². The highest BCUT2D eigenvalue weighted by Gasteiger charge is 2.35. The molecule has 1 aromatic heterocycles. The summed E-state index contributed by atoms with van der Waals surface area (Å²) < 4.78 is 0.915. The zero-order chi connectivity index (χ0) is 18.7. The Morgan fingerprint density at radius 1 is 1.31 bits per heavy atom. The highest BCUT2D eigenvalue weighted by atomic mass is 79.9. The number of halogens is 1. The van der Waals surface area contributed by atoms with Gasteiger partial charge in [-0.15, -0.1) is 10.2 Å². The molecule has 26 heavy (non-hydrogen) atoms. The molecule has 2 heterocycles. The van der Waals surface area contributed by atoms with Crippen LogP contribution in [0.15, 0.2) is 28.7 Å². The van der Waals surface area contributed by atoms with E-state index in [2.05, 4.69) is 45.3 Å². The molecule has 1 aromatic carbocycles. The molecule has 2 aromatic rings. The Labute approximate surface area is 165 Å². The Morgan fingerprint density at radius 3 is 2.73 bits per heavy atom. The molecule has 3 rings (SSSR count). The van der Waals surface area contributed by atoms with Crippen LogP contribution in [-0.2, 0) is 11.2 Å². The lowest BCUT2D eigenvalue weighted by Gasteiger charge is -2.23. The summed E-state index contributed by atoms with van der Waals surface area (Å²) in [6, 6.07) is 6.72. The second kappa shape index (κ2) is 8.26. The minimum absolute atomic E-state index is 0.118. The quantitative estimate of drug-likeness (QED) is 0.774. The van der Waals surface area contributed by atoms with Crippen molar-refractivity contribution in [2.45, 2.75) is 39.2 Å². The summed E-state index contributed by atoms with van der Waals surface area (Å²) >= 11 is 4.76. The summed E-state index contributed by atoms with van der Waals surface area (Å²) in [6.45, 7) is 4.81. The minimum atomic E-state index is -0.469. The molecule has 1 fully saturated rings. The molecular weight excluding hydrogens is 416 g/mol. The van der Waals surface area contributed by atoms with Crippen LogP contribution in [0.1, 0.15) is 42.1 Å². The Kier molecular flexibility index (Phi) is 6.03. The van der Waals surface area contributed by atoms with Crippen molar-refractivity contribution in [3.63, 3.8) is 0 Å². The lowest BCUT2D eigenvalue weighted by molar-refractivity contribution is -0.119. The number of hydrogen-bond acceptors (Lipinski definition) is 5. The van der Waals surface area contributed by atoms with Crippen LogP contribution in [0.2, 0.25) is 0 Å². The lowest BCUT2D eigenvalue weighted by Crippen LogP contribution is -2.43. The fourth-order valence-electron chi connectivity index (χ4n) is 2.97. The molecule has 0 radical (unpaired) electrons. The summed E-state index contributed by atoms with van der Waals surface area (Å²) in [7, 11) is 0. The number of nitrogens with one attached hydrogen (secondary N) is 1. The van der Waals surface area contributed by atoms with Gasteiger partial charge < -0.3 is 4.90 Å². The number of nitrogens with zero attached hydrogens (tertiary/aromatic N) is 3. The monoisotopic (exact) mass is 436 g/mol. The Hall–Kier alpha value is -1.80. The van der Waals surface area contributed by atoms with Gasteiger partial charge in [0.2, 0.25) is 11.0 Å². The van der Waals surface area contributed by atoms with Crippen molar-refractivity contribution < 1.29 is 9.59 Å². The van der Waals surface area contributed by atoms with Gasteiger partial charge >= 0.3 is 0 Å². The summed E-state index contributed by atoms with van der Waals surface area (Å²) in [5.41, 5.74) is 0.586. The van der Waals surface area contributed by atoms with Crippen LogP contribution < -0.4 is 5.32 Å². The molecule has 0 saturated carbocycles. The summed E-state index contributed by atoms with van der Waals surface area (Å²) in [6.07, 6.45) is 2.31. The smallest absolute Gasteiger partial charge is 0.254 e. The molecule has 1 aliphatic heterocycles. The standard InChI is InChI=1S/C18H21BrN4O2S/c1-11(2)10-15-21-22-18(26-15)20-16(24)14-4-3-9-23(14)17(25)12-5-7-13(19)8-6-12/h5-8,11,14H,3-4,9-10H2,1-2H3,(H,20,22,24). The van der Waals surface area contributed by atoms with Crippen LogP contribution in [0.3, 0.4) is 0 Å². The number of amides is 2. The van der Waals surface area contributed by atoms with Crippen molar-refractivity contribution in [1.82, 2.24) is 15.1 Å². The molecule has 8 heteroatoms. The Morgan fingerprint density at radius 2 is 2.04 bits per heavy atom. The molecule has 1 atom stereocenters. The van der Waals surface area contributed by atoms with Gasteiger partial charge in [-0.3, -0.25) is 14.9 Å². The van der Waals surface area contributed by atoms with Crippen LogP contribution in [0.25, 0.3) is 0 Å². The molecule has 1 unspecified atom stereocenters. The van der Waals surface area contributed by atoms with Crippen molar-refractivity contribution in [3.05, 3.63) is 39.3 Å². The van der Waals surface area contributed by atoms with Crippen molar-refractivity contribution in [2.75, 3.05) is 11.9 Å². The molecule has 1 aliphatic rings. The lowest BCUT2D eigenvalue weighted by atomic mass is 10.1. The molecule has 1 N–H and O–H groups in total. The Bertz CT molecular complexity index is 791. The van der Waals surface area contributed by atoms with E-state index in [0.717, 1.165) is 22.3 Å². The van der Waals surface area contributed by atoms with E-state index in [4.69, 9.17) is 0 Å². The van der Waals surface area contributed by atoms with E-state index in [1.807, 2.05) is 12.1 Å². The van der Waals surface area contributed by atoms with E-state index in [1.165, 1.54) is 11.3 Å². The molecular formula is C18H21BrN4O2S. The zero-order valence-electron chi connectivity index (χ0n) is 14.7. The Balaban J connectivity index is 1.67. The van der Waals surface area contributed by atoms with E-state index in [-0.39, 0.29) is 11.8 Å². The number of carbonyl (C=O) groups excluding carboxylic acids is 2. The first-order valence-electron chi connectivity index (χ1n) is 8.64. The minimum Gasteiger partial charge on any atom is -0.327 e. The van der Waals surface area contributed by atoms with Gasteiger partial charge in [-0.2, -0.15) is 0 Å². The average Bonchev–Trinajstić information content (AvgIpc) is 3.24. The number of anilines is 1. The van der Waals surface area contributed by atoms with Crippen molar-refractivity contribution in [3.8, 4) is 0 Å². The van der Waals surface area contributed by atoms with Gasteiger partial charge in [0, 0.05) is 23.0 Å². The maximum absolute atomic E-state index is 12.8. The molecule has 138 valence electrons. The molecule has 2 amide bonds. The maximum atomic E-state index is 12.8. The predicted octanol–water partition coefficient (Wildman–Crippen LogP) is 3.74. The van der Waals surface area contributed by atoms with E-state index < -0.39 is 6.04 Å². The number of rotatable bonds is 5. The molecule has 0 spiro atoms. The van der Waals surface area contributed by atoms with Gasteiger partial charge in [0.05, 0.1) is 0 Å². The molecule has 0 bridgehead atoms. The van der Waals surface area contributed by atoms with Crippen LogP contribution in [-0.4, -0.2) is 39.5 Å². The van der Waals surface area contributed by atoms with Crippen molar-refractivity contribution in [2.24, 2.45) is 5.92 Å². The number of benzene rings is 1. The summed E-state index contributed by atoms with van der Waals surface area (Å²) in [5.74, 6) is 0.175. The van der Waals surface area contributed by atoms with E-state index in [0.29, 0.717) is 29.6 Å². The number of likely N-dealkylation sites (tertiary alicyclic amines) is 1. The van der Waals surface area contributed by atoms with Crippen molar-refractivity contribution >= 4 is 44.2 Å². The predicted molar refractivity (Wildman–Crippen MR) is 105 cm³/mol. The van der Waals surface area contributed by atoms with Crippen LogP contribution in [0.4, 0.5) is 5.13 Å². The molecule has 1 saturated heterocycles. The maximum Gasteiger partial charge on any atom is 0.254 e. The zero-order valence-corrected chi connectivity index (χ0v) is 17.1. The van der Waals surface area contributed by atoms with Gasteiger partial charge in [0.15, 0.2) is 0 Å². The van der Waals surface area contributed by atoms with Crippen LogP contribution in [0.5, 0.6) is 0 Å². The third-order valence-corrected chi connectivity index (χ3v) is 5.58. The average molecular weight is 437 g/mol. The highest BCUT2D eigenvalue weighted by Crippen LogP contribution is 2.24. The van der Waals surface area contributed by atoms with E-state index >= 15 is 0 Å². The number of aromatic nitrogens is 2. The van der Waals surface area contributed by atoms with Gasteiger partial charge in [-0.05, 0) is 43.0 Å². The first kappa shape index (κ1) is 19.0. The van der Waals surface area contributed by atoms with Gasteiger partial charge in [-0.1, -0.05) is 41.1 Å². The fourth-order valence-corrected chi connectivity index (χ4v) is 4.18. The summed E-state index contributed by atoms with van der Waals surface area (Å²) in [5, 5.41) is 12.4. The highest BCUT2D eigenvalue weighted by molar-refractivity contribution is 9.10. The van der Waals surface area contributed by atoms with Crippen molar-refractivity contribution in [1.29, 1.82) is 0 Å². The first-order valence-corrected chi connectivity index (χ1v) is 10.2. The van der Waals surface area contributed by atoms with E-state index in [1.54, 1.807) is 17.0 Å². The van der Waals surface area contributed by atoms with Gasteiger partial charge in [0.25, 0.3) is 5.91 Å². The molecule has 6 nitrogen and oxygen atoms in total. The largest absolute Gasteiger partial charge is 0.327 e. The topological polar surface area (TPSA) is 75.2 Å². The van der Waals surface area contributed by atoms with Crippen LogP contribution >= 0.6 is 27.3 Å². The van der Waals surface area contributed by atoms with Gasteiger partial charge in [-0.25, -0.2) is 0 Å². The second-order valence-electron chi connectivity index (χ2n) is 6.75. The van der Waals surface area contributed by atoms with E-state index in [9.17, 15) is 9.59 Å². The SMILES string of the molecule is CC(C)Cc1nnc(NC(=O)C2CCCN2C(=O)c2ccc(Br)cc2)s1. The normalized spacial score (nSPS) is 16.9. The third-order valence-electron chi connectivity index (χ3n) is 4.19. The first-order chi connectivity index (χ1) is 12.4. The number of hydrogen-bond donors (Lipinski definition) is 1. The van der Waals surface area contributed by atoms with Gasteiger partial charge in [0.1, 0.15) is 11.0 Å². The summed E-state index contributed by atoms with van der Waals surface area (Å²) in [4.78, 5) is 27.1. The fraction of sp³-hybridized carbons (Fsp3) is 0.444.